The molecule has 1 heterocycles. The van der Waals surface area contributed by atoms with Crippen molar-refractivity contribution in [3.05, 3.63) is 105 Å². The Morgan fingerprint density at radius 2 is 1.70 bits per heavy atom. The number of hydrogen-bond donors (Lipinski definition) is 0. The molecule has 0 bridgehead atoms. The Balaban J connectivity index is 1.42. The first kappa shape index (κ1) is 20.5. The minimum Gasteiger partial charge on any atom is -0.295 e. The number of rotatable bonds is 6. The van der Waals surface area contributed by atoms with Crippen LogP contribution in [0.25, 0.3) is 0 Å². The number of benzene rings is 3. The second kappa shape index (κ2) is 8.95. The van der Waals surface area contributed by atoms with E-state index in [1.54, 1.807) is 19.1 Å². The highest BCUT2D eigenvalue weighted by Crippen LogP contribution is 2.24. The molecular formula is C26H24ClNO2. The van der Waals surface area contributed by atoms with Crippen LogP contribution in [-0.4, -0.2) is 23.0 Å². The van der Waals surface area contributed by atoms with Crippen LogP contribution >= 0.6 is 11.6 Å². The number of carbonyl (C=O) groups excluding carboxylic acids is 2. The van der Waals surface area contributed by atoms with Gasteiger partial charge in [-0.15, -0.1) is 0 Å². The Kier molecular flexibility index (Phi) is 6.12. The van der Waals surface area contributed by atoms with Gasteiger partial charge in [0.25, 0.3) is 0 Å². The molecule has 0 fully saturated rings. The fourth-order valence-corrected chi connectivity index (χ4v) is 4.16. The zero-order chi connectivity index (χ0) is 21.1. The van der Waals surface area contributed by atoms with Crippen molar-refractivity contribution < 1.29 is 9.59 Å². The first-order chi connectivity index (χ1) is 14.5. The van der Waals surface area contributed by atoms with Crippen molar-refractivity contribution in [2.24, 2.45) is 0 Å². The third-order valence-electron chi connectivity index (χ3n) is 5.64. The summed E-state index contributed by atoms with van der Waals surface area (Å²) < 4.78 is 0. The largest absolute Gasteiger partial charge is 0.295 e. The predicted octanol–water partition coefficient (Wildman–Crippen LogP) is 5.53. The van der Waals surface area contributed by atoms with Crippen molar-refractivity contribution >= 4 is 23.2 Å². The molecule has 0 spiro atoms. The van der Waals surface area contributed by atoms with Crippen molar-refractivity contribution in [1.82, 2.24) is 4.90 Å². The van der Waals surface area contributed by atoms with Crippen LogP contribution in [0.4, 0.5) is 0 Å². The van der Waals surface area contributed by atoms with Crippen molar-refractivity contribution in [2.75, 3.05) is 6.54 Å². The van der Waals surface area contributed by atoms with E-state index in [0.717, 1.165) is 47.8 Å². The highest BCUT2D eigenvalue weighted by molar-refractivity contribution is 6.30. The molecule has 152 valence electrons. The normalized spacial score (nSPS) is 13.7. The van der Waals surface area contributed by atoms with Gasteiger partial charge in [0.2, 0.25) is 0 Å². The van der Waals surface area contributed by atoms with Gasteiger partial charge in [-0.1, -0.05) is 60.1 Å². The van der Waals surface area contributed by atoms with Gasteiger partial charge < -0.3 is 0 Å². The molecule has 0 atom stereocenters. The quantitative estimate of drug-likeness (QED) is 0.495. The molecule has 0 aliphatic carbocycles. The average Bonchev–Trinajstić information content (AvgIpc) is 2.74. The van der Waals surface area contributed by atoms with Crippen LogP contribution in [0.3, 0.4) is 0 Å². The van der Waals surface area contributed by atoms with E-state index in [1.165, 1.54) is 11.1 Å². The number of hydrogen-bond acceptors (Lipinski definition) is 3. The third kappa shape index (κ3) is 4.86. The van der Waals surface area contributed by atoms with Crippen LogP contribution < -0.4 is 0 Å². The molecule has 3 nitrogen and oxygen atoms in total. The lowest BCUT2D eigenvalue weighted by atomic mass is 9.98. The molecule has 0 radical (unpaired) electrons. The van der Waals surface area contributed by atoms with Gasteiger partial charge in [-0.2, -0.15) is 0 Å². The summed E-state index contributed by atoms with van der Waals surface area (Å²) in [5.41, 5.74) is 6.10. The Morgan fingerprint density at radius 3 is 2.47 bits per heavy atom. The molecule has 4 heteroatoms. The van der Waals surface area contributed by atoms with Crippen molar-refractivity contribution in [2.45, 2.75) is 32.9 Å². The lowest BCUT2D eigenvalue weighted by Gasteiger charge is -2.29. The number of fused-ring (bicyclic) bond motifs is 1. The number of nitrogens with zero attached hydrogens (tertiary/aromatic N) is 1. The molecular weight excluding hydrogens is 394 g/mol. The summed E-state index contributed by atoms with van der Waals surface area (Å²) >= 11 is 6.16. The summed E-state index contributed by atoms with van der Waals surface area (Å²) in [5, 5.41) is 0.777. The molecule has 0 saturated carbocycles. The van der Waals surface area contributed by atoms with E-state index >= 15 is 0 Å². The molecule has 4 rings (SSSR count). The third-order valence-corrected chi connectivity index (χ3v) is 5.88. The topological polar surface area (TPSA) is 37.4 Å². The number of halogens is 1. The summed E-state index contributed by atoms with van der Waals surface area (Å²) in [7, 11) is 0. The highest BCUT2D eigenvalue weighted by atomic mass is 35.5. The summed E-state index contributed by atoms with van der Waals surface area (Å²) in [6.07, 6.45) is 1.35. The smallest absolute Gasteiger partial charge is 0.167 e. The van der Waals surface area contributed by atoms with Crippen LogP contribution in [0, 0.1) is 0 Å². The fourth-order valence-electron chi connectivity index (χ4n) is 3.97. The maximum Gasteiger partial charge on any atom is 0.167 e. The van der Waals surface area contributed by atoms with Gasteiger partial charge in [-0.3, -0.25) is 14.5 Å². The van der Waals surface area contributed by atoms with Crippen LogP contribution in [0.2, 0.25) is 5.02 Å². The lowest BCUT2D eigenvalue weighted by molar-refractivity contribution is 0.0991. The van der Waals surface area contributed by atoms with E-state index in [1.807, 2.05) is 36.4 Å². The molecule has 3 aromatic carbocycles. The molecule has 0 saturated heterocycles. The average molecular weight is 418 g/mol. The molecule has 0 N–H and O–H groups in total. The van der Waals surface area contributed by atoms with Crippen molar-refractivity contribution in [3.8, 4) is 0 Å². The van der Waals surface area contributed by atoms with Crippen LogP contribution in [0.15, 0.2) is 66.7 Å². The van der Waals surface area contributed by atoms with Gasteiger partial charge >= 0.3 is 0 Å². The van der Waals surface area contributed by atoms with Crippen LogP contribution in [0.5, 0.6) is 0 Å². The monoisotopic (exact) mass is 417 g/mol. The standard InChI is InChI=1S/C26H24ClNO2/c1-18(29)21-7-5-19(6-8-21)14-26(30)23-4-2-3-20(13-23)16-28-12-11-22-9-10-25(27)15-24(22)17-28/h2-10,13,15H,11-12,14,16-17H2,1H3. The zero-order valence-corrected chi connectivity index (χ0v) is 17.8. The molecule has 30 heavy (non-hydrogen) atoms. The fraction of sp³-hybridized carbons (Fsp3) is 0.231. The summed E-state index contributed by atoms with van der Waals surface area (Å²) in [6, 6.07) is 21.3. The molecule has 0 unspecified atom stereocenters. The van der Waals surface area contributed by atoms with Crippen molar-refractivity contribution in [3.63, 3.8) is 0 Å². The second-order valence-electron chi connectivity index (χ2n) is 7.93. The first-order valence-electron chi connectivity index (χ1n) is 10.2. The van der Waals surface area contributed by atoms with E-state index in [2.05, 4.69) is 23.1 Å². The van der Waals surface area contributed by atoms with Gasteiger partial charge in [0.05, 0.1) is 0 Å². The van der Waals surface area contributed by atoms with Gasteiger partial charge in [0.15, 0.2) is 11.6 Å². The molecule has 0 aromatic heterocycles. The number of ketones is 2. The van der Waals surface area contributed by atoms with E-state index in [4.69, 9.17) is 11.6 Å². The minimum absolute atomic E-state index is 0.0307. The van der Waals surface area contributed by atoms with E-state index in [9.17, 15) is 9.59 Å². The van der Waals surface area contributed by atoms with Gasteiger partial charge in [-0.05, 0) is 53.8 Å². The summed E-state index contributed by atoms with van der Waals surface area (Å²) in [4.78, 5) is 26.6. The second-order valence-corrected chi connectivity index (χ2v) is 8.36. The predicted molar refractivity (Wildman–Crippen MR) is 120 cm³/mol. The highest BCUT2D eigenvalue weighted by Gasteiger charge is 2.17. The van der Waals surface area contributed by atoms with E-state index < -0.39 is 0 Å². The number of Topliss-reactive ketones (excluding diaryl/α,β-unsaturated/α-hetero) is 2. The minimum atomic E-state index is 0.0307. The zero-order valence-electron chi connectivity index (χ0n) is 17.0. The lowest BCUT2D eigenvalue weighted by Crippen LogP contribution is -2.30. The maximum atomic E-state index is 12.8. The van der Waals surface area contributed by atoms with Crippen LogP contribution in [-0.2, 0) is 25.9 Å². The Morgan fingerprint density at radius 1 is 0.900 bits per heavy atom. The van der Waals surface area contributed by atoms with E-state index in [0.29, 0.717) is 12.0 Å². The molecule has 1 aliphatic rings. The van der Waals surface area contributed by atoms with Gasteiger partial charge in [-0.25, -0.2) is 0 Å². The Labute approximate surface area is 182 Å². The molecule has 0 amide bonds. The molecule has 3 aromatic rings. The Hall–Kier alpha value is -2.75. The van der Waals surface area contributed by atoms with Gasteiger partial charge in [0.1, 0.15) is 0 Å². The van der Waals surface area contributed by atoms with E-state index in [-0.39, 0.29) is 11.6 Å². The molecule has 1 aliphatic heterocycles. The van der Waals surface area contributed by atoms with Crippen LogP contribution in [0.1, 0.15) is 49.9 Å². The summed E-state index contributed by atoms with van der Waals surface area (Å²) in [5.74, 6) is 0.117. The maximum absolute atomic E-state index is 12.8. The van der Waals surface area contributed by atoms with Crippen molar-refractivity contribution in [1.29, 1.82) is 0 Å². The summed E-state index contributed by atoms with van der Waals surface area (Å²) in [6.45, 7) is 4.22. The first-order valence-corrected chi connectivity index (χ1v) is 10.6. The SMILES string of the molecule is CC(=O)c1ccc(CC(=O)c2cccc(CN3CCc4ccc(Cl)cc4C3)c2)cc1. The van der Waals surface area contributed by atoms with Gasteiger partial charge in [0, 0.05) is 42.2 Å². The Bertz CT molecular complexity index is 1090. The number of carbonyl (C=O) groups is 2.